The summed E-state index contributed by atoms with van der Waals surface area (Å²) < 4.78 is 15.2. The predicted octanol–water partition coefficient (Wildman–Crippen LogP) is 3.87. The molecule has 0 unspecified atom stereocenters. The molecule has 0 atom stereocenters. The van der Waals surface area contributed by atoms with Gasteiger partial charge in [0.15, 0.2) is 5.16 Å². The maximum Gasteiger partial charge on any atom is 0.277 e. The maximum absolute atomic E-state index is 13.1. The minimum absolute atomic E-state index is 0.141. The van der Waals surface area contributed by atoms with Crippen molar-refractivity contribution in [3.8, 4) is 0 Å². The van der Waals surface area contributed by atoms with Crippen molar-refractivity contribution in [2.24, 2.45) is 0 Å². The molecule has 1 heterocycles. The number of hydrogen-bond donors (Lipinski definition) is 1. The summed E-state index contributed by atoms with van der Waals surface area (Å²) in [6, 6.07) is 6.39. The molecule has 0 amide bonds. The Labute approximate surface area is 169 Å². The minimum Gasteiger partial charge on any atom is -0.359 e. The third-order valence-electron chi connectivity index (χ3n) is 5.05. The molecule has 2 aromatic rings. The van der Waals surface area contributed by atoms with Crippen LogP contribution in [0.15, 0.2) is 34.2 Å². The van der Waals surface area contributed by atoms with Crippen molar-refractivity contribution >= 4 is 17.6 Å². The molecular formula is C21H27FN4OS. The van der Waals surface area contributed by atoms with Crippen LogP contribution in [-0.4, -0.2) is 33.4 Å². The van der Waals surface area contributed by atoms with Crippen molar-refractivity contribution in [3.63, 3.8) is 0 Å². The van der Waals surface area contributed by atoms with Gasteiger partial charge in [0.05, 0.1) is 6.54 Å². The minimum atomic E-state index is -0.259. The molecule has 0 aliphatic heterocycles. The van der Waals surface area contributed by atoms with E-state index >= 15 is 0 Å². The summed E-state index contributed by atoms with van der Waals surface area (Å²) in [6.45, 7) is 6.24. The van der Waals surface area contributed by atoms with Crippen LogP contribution >= 0.6 is 11.8 Å². The SMILES string of the molecule is CCCN(CC)C(=N)Cn1c(SCc2ccc(F)cc2)nc(=O)c2c1CCC2. The van der Waals surface area contributed by atoms with Crippen molar-refractivity contribution in [1.82, 2.24) is 14.5 Å². The first-order valence-corrected chi connectivity index (χ1v) is 10.8. The number of benzene rings is 1. The summed E-state index contributed by atoms with van der Waals surface area (Å²) in [5, 5.41) is 9.21. The molecule has 0 saturated heterocycles. The van der Waals surface area contributed by atoms with E-state index in [0.717, 1.165) is 55.6 Å². The third-order valence-corrected chi connectivity index (χ3v) is 6.09. The van der Waals surface area contributed by atoms with Crippen LogP contribution in [0.4, 0.5) is 4.39 Å². The van der Waals surface area contributed by atoms with Crippen LogP contribution in [0.2, 0.25) is 0 Å². The molecule has 7 heteroatoms. The van der Waals surface area contributed by atoms with Crippen LogP contribution in [0, 0.1) is 11.2 Å². The van der Waals surface area contributed by atoms with Gasteiger partial charge in [0.1, 0.15) is 11.7 Å². The molecular weight excluding hydrogens is 375 g/mol. The molecule has 0 bridgehead atoms. The normalized spacial score (nSPS) is 12.8. The molecule has 3 rings (SSSR count). The highest BCUT2D eigenvalue weighted by molar-refractivity contribution is 7.98. The number of nitrogens with zero attached hydrogens (tertiary/aromatic N) is 3. The number of hydrogen-bond acceptors (Lipinski definition) is 4. The quantitative estimate of drug-likeness (QED) is 0.315. The van der Waals surface area contributed by atoms with Gasteiger partial charge < -0.3 is 9.47 Å². The number of halogens is 1. The van der Waals surface area contributed by atoms with E-state index in [4.69, 9.17) is 5.41 Å². The summed E-state index contributed by atoms with van der Waals surface area (Å²) in [6.07, 6.45) is 3.56. The Balaban J connectivity index is 1.88. The highest BCUT2D eigenvalue weighted by atomic mass is 32.2. The highest BCUT2D eigenvalue weighted by Gasteiger charge is 2.23. The molecule has 0 spiro atoms. The van der Waals surface area contributed by atoms with E-state index in [0.29, 0.717) is 23.3 Å². The molecule has 0 saturated carbocycles. The van der Waals surface area contributed by atoms with Gasteiger partial charge in [-0.05, 0) is 50.3 Å². The number of amidine groups is 1. The van der Waals surface area contributed by atoms with Gasteiger partial charge in [-0.3, -0.25) is 10.2 Å². The van der Waals surface area contributed by atoms with E-state index in [-0.39, 0.29) is 11.4 Å². The van der Waals surface area contributed by atoms with Gasteiger partial charge >= 0.3 is 0 Å². The first-order chi connectivity index (χ1) is 13.5. The molecule has 150 valence electrons. The van der Waals surface area contributed by atoms with Crippen LogP contribution in [0.5, 0.6) is 0 Å². The number of aromatic nitrogens is 2. The lowest BCUT2D eigenvalue weighted by molar-refractivity contribution is 0.418. The number of thioether (sulfide) groups is 1. The van der Waals surface area contributed by atoms with Crippen molar-refractivity contribution < 1.29 is 4.39 Å². The lowest BCUT2D eigenvalue weighted by Gasteiger charge is -2.25. The van der Waals surface area contributed by atoms with Crippen LogP contribution in [0.1, 0.15) is 43.5 Å². The van der Waals surface area contributed by atoms with Crippen molar-refractivity contribution in [2.75, 3.05) is 13.1 Å². The van der Waals surface area contributed by atoms with Gasteiger partial charge in [-0.2, -0.15) is 4.98 Å². The molecule has 1 aliphatic carbocycles. The highest BCUT2D eigenvalue weighted by Crippen LogP contribution is 2.26. The van der Waals surface area contributed by atoms with Crippen LogP contribution in [-0.2, 0) is 25.1 Å². The first-order valence-electron chi connectivity index (χ1n) is 9.85. The molecule has 1 aromatic heterocycles. The van der Waals surface area contributed by atoms with E-state index in [1.807, 2.05) is 0 Å². The topological polar surface area (TPSA) is 62.0 Å². The summed E-state index contributed by atoms with van der Waals surface area (Å²) in [7, 11) is 0. The van der Waals surface area contributed by atoms with Crippen LogP contribution < -0.4 is 5.56 Å². The second kappa shape index (κ2) is 9.37. The molecule has 5 nitrogen and oxygen atoms in total. The standard InChI is InChI=1S/C21H27FN4OS/c1-3-12-25(4-2)19(23)13-26-18-7-5-6-17(18)20(27)24-21(26)28-14-15-8-10-16(22)11-9-15/h8-11,23H,3-7,12-14H2,1-2H3. The molecule has 0 fully saturated rings. The second-order valence-electron chi connectivity index (χ2n) is 7.01. The van der Waals surface area contributed by atoms with Crippen LogP contribution in [0.25, 0.3) is 0 Å². The Kier molecular flexibility index (Phi) is 6.88. The Morgan fingerprint density at radius 3 is 2.71 bits per heavy atom. The third kappa shape index (κ3) is 4.63. The summed E-state index contributed by atoms with van der Waals surface area (Å²) in [5.41, 5.74) is 2.66. The summed E-state index contributed by atoms with van der Waals surface area (Å²) >= 11 is 1.48. The maximum atomic E-state index is 13.1. The van der Waals surface area contributed by atoms with E-state index in [9.17, 15) is 9.18 Å². The fourth-order valence-corrected chi connectivity index (χ4v) is 4.56. The second-order valence-corrected chi connectivity index (χ2v) is 7.95. The molecule has 1 N–H and O–H groups in total. The number of likely N-dealkylation sites (N-methyl/N-ethyl adjacent to an activating group) is 1. The summed E-state index contributed by atoms with van der Waals surface area (Å²) in [5.74, 6) is 0.892. The average Bonchev–Trinajstić information content (AvgIpc) is 3.18. The van der Waals surface area contributed by atoms with Crippen molar-refractivity contribution in [2.45, 2.75) is 57.0 Å². The van der Waals surface area contributed by atoms with Crippen molar-refractivity contribution in [3.05, 3.63) is 57.3 Å². The predicted molar refractivity (Wildman–Crippen MR) is 112 cm³/mol. The van der Waals surface area contributed by atoms with E-state index in [1.165, 1.54) is 23.9 Å². The number of nitrogens with one attached hydrogen (secondary N) is 1. The monoisotopic (exact) mass is 402 g/mol. The van der Waals surface area contributed by atoms with Crippen LogP contribution in [0.3, 0.4) is 0 Å². The molecule has 1 aromatic carbocycles. The Morgan fingerprint density at radius 2 is 2.04 bits per heavy atom. The molecule has 0 radical (unpaired) electrons. The number of fused-ring (bicyclic) bond motifs is 1. The lowest BCUT2D eigenvalue weighted by atomic mass is 10.2. The molecule has 1 aliphatic rings. The largest absolute Gasteiger partial charge is 0.359 e. The van der Waals surface area contributed by atoms with Gasteiger partial charge in [0.2, 0.25) is 0 Å². The van der Waals surface area contributed by atoms with E-state index in [1.54, 1.807) is 12.1 Å². The zero-order valence-corrected chi connectivity index (χ0v) is 17.3. The fourth-order valence-electron chi connectivity index (χ4n) is 3.59. The fraction of sp³-hybridized carbons (Fsp3) is 0.476. The summed E-state index contributed by atoms with van der Waals surface area (Å²) in [4.78, 5) is 18.9. The van der Waals surface area contributed by atoms with Gasteiger partial charge in [-0.1, -0.05) is 30.8 Å². The Morgan fingerprint density at radius 1 is 1.29 bits per heavy atom. The van der Waals surface area contributed by atoms with Gasteiger partial charge in [0.25, 0.3) is 5.56 Å². The van der Waals surface area contributed by atoms with E-state index < -0.39 is 0 Å². The average molecular weight is 403 g/mol. The smallest absolute Gasteiger partial charge is 0.277 e. The van der Waals surface area contributed by atoms with E-state index in [2.05, 4.69) is 28.3 Å². The van der Waals surface area contributed by atoms with Gasteiger partial charge in [0, 0.05) is 30.1 Å². The van der Waals surface area contributed by atoms with Gasteiger partial charge in [-0.15, -0.1) is 0 Å². The Bertz CT molecular complexity index is 895. The Hall–Kier alpha value is -2.15. The van der Waals surface area contributed by atoms with Gasteiger partial charge in [-0.25, -0.2) is 4.39 Å². The van der Waals surface area contributed by atoms with Crippen molar-refractivity contribution in [1.29, 1.82) is 5.41 Å². The zero-order valence-electron chi connectivity index (χ0n) is 16.5. The first kappa shape index (κ1) is 20.6. The zero-order chi connectivity index (χ0) is 20.1. The number of rotatable bonds is 8. The molecule has 28 heavy (non-hydrogen) atoms. The lowest BCUT2D eigenvalue weighted by Crippen LogP contribution is -2.35.